The zero-order chi connectivity index (χ0) is 7.84. The van der Waals surface area contributed by atoms with Crippen LogP contribution in [0.15, 0.2) is 23.2 Å². The van der Waals surface area contributed by atoms with Crippen LogP contribution in [0.5, 0.6) is 0 Å². The van der Waals surface area contributed by atoms with Crippen molar-refractivity contribution >= 4 is 0 Å². The van der Waals surface area contributed by atoms with E-state index in [4.69, 9.17) is 0 Å². The Labute approximate surface area is 63.8 Å². The van der Waals surface area contributed by atoms with Crippen LogP contribution in [0.1, 0.15) is 12.8 Å². The molecule has 0 amide bonds. The molecule has 2 rings (SSSR count). The van der Waals surface area contributed by atoms with Gasteiger partial charge in [0.2, 0.25) is 0 Å². The first-order chi connectivity index (χ1) is 5.27. The van der Waals surface area contributed by atoms with Crippen molar-refractivity contribution in [2.24, 2.45) is 0 Å². The van der Waals surface area contributed by atoms with Crippen molar-refractivity contribution in [1.29, 1.82) is 0 Å². The van der Waals surface area contributed by atoms with Crippen molar-refractivity contribution in [2.75, 3.05) is 6.54 Å². The topological polar surface area (TPSA) is 12.0 Å². The van der Waals surface area contributed by atoms with Crippen molar-refractivity contribution in [2.45, 2.75) is 19.0 Å². The van der Waals surface area contributed by atoms with Gasteiger partial charge in [0.05, 0.1) is 0 Å². The van der Waals surface area contributed by atoms with Gasteiger partial charge in [-0.3, -0.25) is 0 Å². The maximum absolute atomic E-state index is 12.7. The molecule has 2 aliphatic rings. The number of hydrogen-bond donors (Lipinski definition) is 1. The molecule has 0 saturated heterocycles. The lowest BCUT2D eigenvalue weighted by Crippen LogP contribution is -2.11. The van der Waals surface area contributed by atoms with Gasteiger partial charge in [-0.2, -0.15) is 0 Å². The Hall–Kier alpha value is -0.860. The normalized spacial score (nSPS) is 29.6. The molecular formula is C8H9F2N. The predicted octanol–water partition coefficient (Wildman–Crippen LogP) is 1.83. The third-order valence-corrected chi connectivity index (χ3v) is 2.13. The molecule has 1 aliphatic heterocycles. The molecule has 0 radical (unpaired) electrons. The molecule has 1 atom stereocenters. The third-order valence-electron chi connectivity index (χ3n) is 2.13. The molecule has 1 nitrogen and oxygen atoms in total. The summed E-state index contributed by atoms with van der Waals surface area (Å²) in [6, 6.07) is 0. The van der Waals surface area contributed by atoms with Gasteiger partial charge in [-0.25, -0.2) is 8.78 Å². The number of hydrogen-bond acceptors (Lipinski definition) is 1. The van der Waals surface area contributed by atoms with E-state index in [9.17, 15) is 8.78 Å². The van der Waals surface area contributed by atoms with Gasteiger partial charge in [0, 0.05) is 18.7 Å². The second-order valence-electron chi connectivity index (χ2n) is 2.89. The van der Waals surface area contributed by atoms with Gasteiger partial charge in [0.1, 0.15) is 5.83 Å². The molecule has 0 spiro atoms. The first-order valence-corrected chi connectivity index (χ1v) is 3.74. The highest BCUT2D eigenvalue weighted by molar-refractivity contribution is 5.35. The van der Waals surface area contributed by atoms with Crippen molar-refractivity contribution in [3.8, 4) is 0 Å². The molecule has 1 N–H and O–H groups in total. The zero-order valence-corrected chi connectivity index (χ0v) is 6.03. The molecule has 0 fully saturated rings. The molecule has 1 aliphatic carbocycles. The number of allylic oxidation sites excluding steroid dienone is 2. The van der Waals surface area contributed by atoms with E-state index in [0.717, 1.165) is 24.2 Å². The molecule has 3 heteroatoms. The average molecular weight is 157 g/mol. The van der Waals surface area contributed by atoms with E-state index in [2.05, 4.69) is 5.32 Å². The van der Waals surface area contributed by atoms with Crippen molar-refractivity contribution in [3.63, 3.8) is 0 Å². The Balaban J connectivity index is 2.29. The van der Waals surface area contributed by atoms with Gasteiger partial charge in [0.15, 0.2) is 6.17 Å². The monoisotopic (exact) mass is 157 g/mol. The van der Waals surface area contributed by atoms with Gasteiger partial charge in [-0.15, -0.1) is 0 Å². The maximum atomic E-state index is 12.7. The Morgan fingerprint density at radius 1 is 1.55 bits per heavy atom. The summed E-state index contributed by atoms with van der Waals surface area (Å²) in [5.41, 5.74) is 1.83. The fraction of sp³-hybridized carbons (Fsp3) is 0.500. The lowest BCUT2D eigenvalue weighted by Gasteiger charge is -2.13. The standard InChI is InChI=1S/C8H9F2N/c9-6-3-5-1-2-11-8(5)4-7(6)10/h4,6,11H,1-3H2. The first-order valence-electron chi connectivity index (χ1n) is 3.74. The van der Waals surface area contributed by atoms with Crippen LogP contribution >= 0.6 is 0 Å². The molecule has 0 aromatic heterocycles. The van der Waals surface area contributed by atoms with E-state index >= 15 is 0 Å². The lowest BCUT2D eigenvalue weighted by atomic mass is 10.0. The number of alkyl halides is 1. The van der Waals surface area contributed by atoms with Crippen LogP contribution in [0.25, 0.3) is 0 Å². The molecule has 0 bridgehead atoms. The Kier molecular flexibility index (Phi) is 1.44. The van der Waals surface area contributed by atoms with Crippen molar-refractivity contribution in [1.82, 2.24) is 5.32 Å². The van der Waals surface area contributed by atoms with Gasteiger partial charge in [-0.1, -0.05) is 0 Å². The summed E-state index contributed by atoms with van der Waals surface area (Å²) in [7, 11) is 0. The van der Waals surface area contributed by atoms with Crippen LogP contribution in [-0.2, 0) is 0 Å². The third kappa shape index (κ3) is 1.04. The molecule has 60 valence electrons. The van der Waals surface area contributed by atoms with Crippen LogP contribution in [-0.4, -0.2) is 12.7 Å². The summed E-state index contributed by atoms with van der Waals surface area (Å²) in [6.45, 7) is 0.821. The van der Waals surface area contributed by atoms with Crippen LogP contribution in [0.2, 0.25) is 0 Å². The molecule has 11 heavy (non-hydrogen) atoms. The van der Waals surface area contributed by atoms with E-state index in [1.165, 1.54) is 6.08 Å². The number of nitrogens with one attached hydrogen (secondary N) is 1. The molecule has 1 heterocycles. The highest BCUT2D eigenvalue weighted by Crippen LogP contribution is 2.30. The minimum atomic E-state index is -1.39. The molecule has 0 aromatic carbocycles. The van der Waals surface area contributed by atoms with Crippen LogP contribution in [0.4, 0.5) is 8.78 Å². The van der Waals surface area contributed by atoms with E-state index in [1.807, 2.05) is 0 Å². The van der Waals surface area contributed by atoms with Gasteiger partial charge < -0.3 is 5.32 Å². The number of rotatable bonds is 0. The summed E-state index contributed by atoms with van der Waals surface area (Å²) in [5, 5.41) is 3.01. The summed E-state index contributed by atoms with van der Waals surface area (Å²) < 4.78 is 25.3. The minimum Gasteiger partial charge on any atom is -0.385 e. The Morgan fingerprint density at radius 3 is 3.18 bits per heavy atom. The minimum absolute atomic E-state index is 0.241. The molecule has 0 aromatic rings. The Morgan fingerprint density at radius 2 is 2.36 bits per heavy atom. The van der Waals surface area contributed by atoms with E-state index in [0.29, 0.717) is 0 Å². The average Bonchev–Trinajstić information content (AvgIpc) is 2.36. The first kappa shape index (κ1) is 6.83. The van der Waals surface area contributed by atoms with Gasteiger partial charge in [-0.05, 0) is 18.1 Å². The van der Waals surface area contributed by atoms with Crippen molar-refractivity contribution in [3.05, 3.63) is 23.2 Å². The van der Waals surface area contributed by atoms with E-state index in [1.54, 1.807) is 0 Å². The second kappa shape index (κ2) is 2.32. The summed E-state index contributed by atoms with van der Waals surface area (Å²) in [6.07, 6.45) is 0.981. The molecular weight excluding hydrogens is 148 g/mol. The highest BCUT2D eigenvalue weighted by Gasteiger charge is 2.25. The zero-order valence-electron chi connectivity index (χ0n) is 6.03. The maximum Gasteiger partial charge on any atom is 0.155 e. The second-order valence-corrected chi connectivity index (χ2v) is 2.89. The smallest absolute Gasteiger partial charge is 0.155 e. The summed E-state index contributed by atoms with van der Waals surface area (Å²) in [5.74, 6) is -0.641. The fourth-order valence-corrected chi connectivity index (χ4v) is 1.51. The van der Waals surface area contributed by atoms with Gasteiger partial charge in [0.25, 0.3) is 0 Å². The quantitative estimate of drug-likeness (QED) is 0.565. The van der Waals surface area contributed by atoms with E-state index in [-0.39, 0.29) is 6.42 Å². The SMILES string of the molecule is FC1=CC2=C(CCN2)CC1F. The fourth-order valence-electron chi connectivity index (χ4n) is 1.51. The van der Waals surface area contributed by atoms with Gasteiger partial charge >= 0.3 is 0 Å². The van der Waals surface area contributed by atoms with Crippen molar-refractivity contribution < 1.29 is 8.78 Å². The van der Waals surface area contributed by atoms with Crippen LogP contribution < -0.4 is 5.32 Å². The van der Waals surface area contributed by atoms with E-state index < -0.39 is 12.0 Å². The highest BCUT2D eigenvalue weighted by atomic mass is 19.2. The largest absolute Gasteiger partial charge is 0.385 e. The molecule has 1 unspecified atom stereocenters. The summed E-state index contributed by atoms with van der Waals surface area (Å²) >= 11 is 0. The number of halogens is 2. The lowest BCUT2D eigenvalue weighted by molar-refractivity contribution is 0.318. The molecule has 0 saturated carbocycles. The Bertz CT molecular complexity index is 242. The van der Waals surface area contributed by atoms with Crippen LogP contribution in [0, 0.1) is 0 Å². The predicted molar refractivity (Wildman–Crippen MR) is 38.3 cm³/mol. The van der Waals surface area contributed by atoms with Crippen LogP contribution in [0.3, 0.4) is 0 Å². The summed E-state index contributed by atoms with van der Waals surface area (Å²) in [4.78, 5) is 0.